The third-order valence-electron chi connectivity index (χ3n) is 3.86. The highest BCUT2D eigenvalue weighted by Crippen LogP contribution is 2.32. The van der Waals surface area contributed by atoms with E-state index in [1.807, 2.05) is 6.07 Å². The van der Waals surface area contributed by atoms with E-state index in [1.165, 1.54) is 6.26 Å². The Morgan fingerprint density at radius 2 is 2.19 bits per heavy atom. The molecule has 2 rings (SSSR count). The van der Waals surface area contributed by atoms with Gasteiger partial charge in [0.2, 0.25) is 5.91 Å². The van der Waals surface area contributed by atoms with Crippen molar-refractivity contribution in [1.29, 1.82) is 5.26 Å². The molecule has 1 amide bonds. The number of furan rings is 1. The highest BCUT2D eigenvalue weighted by Gasteiger charge is 2.35. The van der Waals surface area contributed by atoms with E-state index in [0.29, 0.717) is 38.1 Å². The summed E-state index contributed by atoms with van der Waals surface area (Å²) >= 11 is 0. The molecule has 6 nitrogen and oxygen atoms in total. The molecule has 112 valence electrons. The Morgan fingerprint density at radius 3 is 2.76 bits per heavy atom. The summed E-state index contributed by atoms with van der Waals surface area (Å²) in [7, 11) is 0. The Kier molecular flexibility index (Phi) is 4.99. The molecule has 1 aromatic heterocycles. The van der Waals surface area contributed by atoms with Crippen LogP contribution in [0.4, 0.5) is 0 Å². The van der Waals surface area contributed by atoms with Gasteiger partial charge in [-0.1, -0.05) is 0 Å². The first-order valence-electron chi connectivity index (χ1n) is 7.02. The molecule has 0 aliphatic heterocycles. The lowest BCUT2D eigenvalue weighted by Crippen LogP contribution is -2.35. The second kappa shape index (κ2) is 6.93. The van der Waals surface area contributed by atoms with Crippen LogP contribution in [0.15, 0.2) is 22.8 Å². The molecule has 1 aromatic rings. The normalized spacial score (nSPS) is 20.9. The average molecular weight is 290 g/mol. The molecule has 1 saturated carbocycles. The predicted molar refractivity (Wildman–Crippen MR) is 72.8 cm³/mol. The van der Waals surface area contributed by atoms with Gasteiger partial charge in [0, 0.05) is 12.5 Å². The zero-order valence-electron chi connectivity index (χ0n) is 11.7. The van der Waals surface area contributed by atoms with E-state index in [1.54, 1.807) is 17.0 Å². The Morgan fingerprint density at radius 1 is 1.43 bits per heavy atom. The van der Waals surface area contributed by atoms with Gasteiger partial charge < -0.3 is 14.4 Å². The summed E-state index contributed by atoms with van der Waals surface area (Å²) in [5, 5.41) is 17.7. The lowest BCUT2D eigenvalue weighted by molar-refractivity contribution is -0.141. The van der Waals surface area contributed by atoms with Crippen molar-refractivity contribution in [3.05, 3.63) is 24.2 Å². The van der Waals surface area contributed by atoms with Crippen molar-refractivity contribution in [1.82, 2.24) is 4.90 Å². The number of carbonyl (C=O) groups excluding carboxylic acids is 1. The first-order valence-corrected chi connectivity index (χ1v) is 7.02. The van der Waals surface area contributed by atoms with Crippen LogP contribution in [0, 0.1) is 23.2 Å². The van der Waals surface area contributed by atoms with Gasteiger partial charge in [-0.15, -0.1) is 0 Å². The minimum absolute atomic E-state index is 0.0783. The summed E-state index contributed by atoms with van der Waals surface area (Å²) in [5.74, 6) is -0.945. The van der Waals surface area contributed by atoms with Crippen molar-refractivity contribution in [2.45, 2.75) is 32.2 Å². The zero-order chi connectivity index (χ0) is 15.2. The van der Waals surface area contributed by atoms with Crippen molar-refractivity contribution in [2.24, 2.45) is 11.8 Å². The number of aliphatic carboxylic acids is 1. The fourth-order valence-electron chi connectivity index (χ4n) is 2.73. The Bertz CT molecular complexity index is 532. The van der Waals surface area contributed by atoms with E-state index < -0.39 is 11.9 Å². The molecule has 6 heteroatoms. The second-order valence-corrected chi connectivity index (χ2v) is 5.29. The van der Waals surface area contributed by atoms with E-state index in [0.717, 1.165) is 0 Å². The highest BCUT2D eigenvalue weighted by atomic mass is 16.4. The van der Waals surface area contributed by atoms with Gasteiger partial charge in [0.25, 0.3) is 0 Å². The molecule has 1 heterocycles. The van der Waals surface area contributed by atoms with E-state index in [9.17, 15) is 9.59 Å². The van der Waals surface area contributed by atoms with Crippen LogP contribution in [0.2, 0.25) is 0 Å². The maximum atomic E-state index is 12.5. The quantitative estimate of drug-likeness (QED) is 0.864. The maximum absolute atomic E-state index is 12.5. The van der Waals surface area contributed by atoms with Crippen LogP contribution >= 0.6 is 0 Å². The van der Waals surface area contributed by atoms with E-state index in [2.05, 4.69) is 0 Å². The molecule has 21 heavy (non-hydrogen) atoms. The minimum Gasteiger partial charge on any atom is -0.481 e. The molecule has 1 fully saturated rings. The number of amides is 1. The smallest absolute Gasteiger partial charge is 0.306 e. The predicted octanol–water partition coefficient (Wildman–Crippen LogP) is 2.02. The summed E-state index contributed by atoms with van der Waals surface area (Å²) in [5.41, 5.74) is 0. The fourth-order valence-corrected chi connectivity index (χ4v) is 2.73. The molecule has 0 bridgehead atoms. The second-order valence-electron chi connectivity index (χ2n) is 5.29. The SMILES string of the molecule is N#CCCN(Cc1ccco1)C(=O)[C@@H]1CC[C@H](C(=O)O)C1. The average Bonchev–Trinajstić information content (AvgIpc) is 3.13. The number of carboxylic acid groups (broad SMARTS) is 1. The highest BCUT2D eigenvalue weighted by molar-refractivity contribution is 5.81. The molecule has 0 aromatic carbocycles. The van der Waals surface area contributed by atoms with Crippen LogP contribution in [-0.4, -0.2) is 28.4 Å². The largest absolute Gasteiger partial charge is 0.481 e. The van der Waals surface area contributed by atoms with Gasteiger partial charge in [-0.2, -0.15) is 5.26 Å². The molecule has 1 N–H and O–H groups in total. The van der Waals surface area contributed by atoms with Crippen molar-refractivity contribution >= 4 is 11.9 Å². The van der Waals surface area contributed by atoms with E-state index in [-0.39, 0.29) is 18.2 Å². The van der Waals surface area contributed by atoms with Crippen molar-refractivity contribution in [3.8, 4) is 6.07 Å². The summed E-state index contributed by atoms with van der Waals surface area (Å²) in [4.78, 5) is 25.1. The standard InChI is InChI=1S/C15H18N2O4/c16-6-2-7-17(10-13-3-1-8-21-13)14(18)11-4-5-12(9-11)15(19)20/h1,3,8,11-12H,2,4-5,7,9-10H2,(H,19,20)/t11-,12+/m1/s1. The van der Waals surface area contributed by atoms with Gasteiger partial charge >= 0.3 is 5.97 Å². The molecule has 1 aliphatic rings. The molecule has 2 atom stereocenters. The molecular weight excluding hydrogens is 272 g/mol. The molecule has 0 saturated heterocycles. The first kappa shape index (κ1) is 15.1. The third kappa shape index (κ3) is 3.85. The van der Waals surface area contributed by atoms with Crippen LogP contribution in [0.3, 0.4) is 0 Å². The van der Waals surface area contributed by atoms with Crippen molar-refractivity contribution < 1.29 is 19.1 Å². The monoisotopic (exact) mass is 290 g/mol. The van der Waals surface area contributed by atoms with Crippen LogP contribution in [-0.2, 0) is 16.1 Å². The van der Waals surface area contributed by atoms with E-state index in [4.69, 9.17) is 14.8 Å². The molecule has 1 aliphatic carbocycles. The van der Waals surface area contributed by atoms with Gasteiger partial charge in [0.1, 0.15) is 5.76 Å². The van der Waals surface area contributed by atoms with E-state index >= 15 is 0 Å². The van der Waals surface area contributed by atoms with Crippen LogP contribution < -0.4 is 0 Å². The fraction of sp³-hybridized carbons (Fsp3) is 0.533. The molecular formula is C15H18N2O4. The lowest BCUT2D eigenvalue weighted by atomic mass is 10.0. The number of hydrogen-bond acceptors (Lipinski definition) is 4. The summed E-state index contributed by atoms with van der Waals surface area (Å²) < 4.78 is 5.25. The summed E-state index contributed by atoms with van der Waals surface area (Å²) in [6.07, 6.45) is 3.31. The first-order chi connectivity index (χ1) is 10.1. The Labute approximate surface area is 123 Å². The molecule has 0 radical (unpaired) electrons. The van der Waals surface area contributed by atoms with Crippen molar-refractivity contribution in [3.63, 3.8) is 0 Å². The minimum atomic E-state index is -0.833. The van der Waals surface area contributed by atoms with Crippen LogP contribution in [0.1, 0.15) is 31.4 Å². The Balaban J connectivity index is 2.00. The zero-order valence-corrected chi connectivity index (χ0v) is 11.7. The van der Waals surface area contributed by atoms with Gasteiger partial charge in [-0.3, -0.25) is 9.59 Å². The number of nitriles is 1. The summed E-state index contributed by atoms with van der Waals surface area (Å²) in [6.45, 7) is 0.659. The molecule has 0 spiro atoms. The number of rotatable bonds is 6. The van der Waals surface area contributed by atoms with Gasteiger partial charge in [0.15, 0.2) is 0 Å². The van der Waals surface area contributed by atoms with Crippen LogP contribution in [0.25, 0.3) is 0 Å². The van der Waals surface area contributed by atoms with Crippen molar-refractivity contribution in [2.75, 3.05) is 6.54 Å². The maximum Gasteiger partial charge on any atom is 0.306 e. The molecule has 0 unspecified atom stereocenters. The number of carbonyl (C=O) groups is 2. The number of carboxylic acids is 1. The van der Waals surface area contributed by atoms with Gasteiger partial charge in [-0.05, 0) is 31.4 Å². The lowest BCUT2D eigenvalue weighted by Gasteiger charge is -2.24. The van der Waals surface area contributed by atoms with Crippen LogP contribution in [0.5, 0.6) is 0 Å². The van der Waals surface area contributed by atoms with Gasteiger partial charge in [0.05, 0.1) is 31.2 Å². The third-order valence-corrected chi connectivity index (χ3v) is 3.86. The summed E-state index contributed by atoms with van der Waals surface area (Å²) in [6, 6.07) is 5.56. The number of hydrogen-bond donors (Lipinski definition) is 1. The number of nitrogens with zero attached hydrogens (tertiary/aromatic N) is 2. The Hall–Kier alpha value is -2.29. The van der Waals surface area contributed by atoms with Gasteiger partial charge in [-0.25, -0.2) is 0 Å². The topological polar surface area (TPSA) is 94.5 Å².